The summed E-state index contributed by atoms with van der Waals surface area (Å²) in [6.45, 7) is 0.955. The maximum Gasteiger partial charge on any atom is 0.410 e. The Morgan fingerprint density at radius 3 is 1.93 bits per heavy atom. The highest BCUT2D eigenvalue weighted by molar-refractivity contribution is 9.10. The molecule has 1 aromatic rings. The summed E-state index contributed by atoms with van der Waals surface area (Å²) in [7, 11) is 0. The summed E-state index contributed by atoms with van der Waals surface area (Å²) in [5.74, 6) is 0. The highest BCUT2D eigenvalue weighted by Gasteiger charge is 2.49. The average molecular weight is 268 g/mol. The third-order valence-corrected chi connectivity index (χ3v) is 2.56. The molecule has 0 aliphatic heterocycles. The van der Waals surface area contributed by atoms with E-state index >= 15 is 0 Å². The second-order valence-corrected chi connectivity index (χ2v) is 4.12. The molecule has 0 spiro atoms. The standard InChI is InChI=1S/C9H9BrF3N/c1-8(14,9(11,12)13)6-2-4-7(10)5-3-6/h2-5H,14H2,1H3/t8-/m1/s1. The maximum absolute atomic E-state index is 12.5. The van der Waals surface area contributed by atoms with Crippen molar-refractivity contribution in [3.8, 4) is 0 Å². The van der Waals surface area contributed by atoms with Crippen molar-refractivity contribution in [3.05, 3.63) is 34.3 Å². The van der Waals surface area contributed by atoms with Gasteiger partial charge in [-0.25, -0.2) is 0 Å². The molecule has 0 amide bonds. The van der Waals surface area contributed by atoms with E-state index in [4.69, 9.17) is 5.73 Å². The molecule has 0 fully saturated rings. The summed E-state index contributed by atoms with van der Waals surface area (Å²) in [6.07, 6.45) is -4.44. The van der Waals surface area contributed by atoms with Gasteiger partial charge in [-0.05, 0) is 24.6 Å². The van der Waals surface area contributed by atoms with Gasteiger partial charge in [-0.2, -0.15) is 13.2 Å². The molecule has 5 heteroatoms. The molecule has 1 nitrogen and oxygen atoms in total. The van der Waals surface area contributed by atoms with Crippen LogP contribution >= 0.6 is 15.9 Å². The lowest BCUT2D eigenvalue weighted by atomic mass is 9.93. The van der Waals surface area contributed by atoms with Crippen LogP contribution < -0.4 is 5.73 Å². The normalized spacial score (nSPS) is 16.4. The molecule has 0 aliphatic carbocycles. The van der Waals surface area contributed by atoms with Crippen LogP contribution in [0.1, 0.15) is 12.5 Å². The SMILES string of the molecule is C[C@@](N)(c1ccc(Br)cc1)C(F)(F)F. The Labute approximate surface area is 88.2 Å². The number of rotatable bonds is 1. The summed E-state index contributed by atoms with van der Waals surface area (Å²) in [5, 5.41) is 0. The Kier molecular flexibility index (Phi) is 2.92. The number of benzene rings is 1. The summed E-state index contributed by atoms with van der Waals surface area (Å²) in [6, 6.07) is 5.79. The molecule has 0 heterocycles. The zero-order valence-electron chi connectivity index (χ0n) is 7.40. The summed E-state index contributed by atoms with van der Waals surface area (Å²) >= 11 is 3.14. The lowest BCUT2D eigenvalue weighted by Gasteiger charge is -2.27. The third-order valence-electron chi connectivity index (χ3n) is 2.03. The molecule has 0 aromatic heterocycles. The van der Waals surface area contributed by atoms with Crippen molar-refractivity contribution in [2.75, 3.05) is 0 Å². The van der Waals surface area contributed by atoms with Crippen LogP contribution in [0.4, 0.5) is 13.2 Å². The molecule has 14 heavy (non-hydrogen) atoms. The fourth-order valence-corrected chi connectivity index (χ4v) is 1.22. The molecule has 0 saturated heterocycles. The first-order valence-electron chi connectivity index (χ1n) is 3.87. The van der Waals surface area contributed by atoms with Gasteiger partial charge in [-0.15, -0.1) is 0 Å². The minimum absolute atomic E-state index is 0.0493. The number of halogens is 4. The highest BCUT2D eigenvalue weighted by Crippen LogP contribution is 2.36. The predicted molar refractivity (Wildman–Crippen MR) is 51.7 cm³/mol. The van der Waals surface area contributed by atoms with Gasteiger partial charge in [0.25, 0.3) is 0 Å². The fraction of sp³-hybridized carbons (Fsp3) is 0.333. The van der Waals surface area contributed by atoms with E-state index in [0.29, 0.717) is 0 Å². The summed E-state index contributed by atoms with van der Waals surface area (Å²) in [4.78, 5) is 0. The average Bonchev–Trinajstić information content (AvgIpc) is 2.03. The Bertz CT molecular complexity index is 316. The highest BCUT2D eigenvalue weighted by atomic mass is 79.9. The maximum atomic E-state index is 12.5. The molecule has 0 bridgehead atoms. The topological polar surface area (TPSA) is 26.0 Å². The van der Waals surface area contributed by atoms with Gasteiger partial charge in [0.15, 0.2) is 0 Å². The Morgan fingerprint density at radius 2 is 1.57 bits per heavy atom. The van der Waals surface area contributed by atoms with Gasteiger partial charge in [0.1, 0.15) is 5.54 Å². The van der Waals surface area contributed by atoms with Gasteiger partial charge in [0.05, 0.1) is 0 Å². The molecule has 0 unspecified atom stereocenters. The molecule has 1 rings (SSSR count). The van der Waals surface area contributed by atoms with Crippen molar-refractivity contribution < 1.29 is 13.2 Å². The van der Waals surface area contributed by atoms with E-state index in [1.54, 1.807) is 0 Å². The van der Waals surface area contributed by atoms with Crippen LogP contribution in [0.15, 0.2) is 28.7 Å². The molecule has 0 saturated carbocycles. The van der Waals surface area contributed by atoms with Crippen molar-refractivity contribution in [2.24, 2.45) is 5.73 Å². The van der Waals surface area contributed by atoms with Crippen LogP contribution in [0.2, 0.25) is 0 Å². The van der Waals surface area contributed by atoms with Crippen LogP contribution in [0.5, 0.6) is 0 Å². The van der Waals surface area contributed by atoms with Crippen LogP contribution in [0.3, 0.4) is 0 Å². The number of hydrogen-bond donors (Lipinski definition) is 1. The van der Waals surface area contributed by atoms with Crippen molar-refractivity contribution in [3.63, 3.8) is 0 Å². The second kappa shape index (κ2) is 3.55. The Balaban J connectivity index is 3.10. The van der Waals surface area contributed by atoms with Gasteiger partial charge < -0.3 is 5.73 Å². The van der Waals surface area contributed by atoms with Crippen molar-refractivity contribution in [1.82, 2.24) is 0 Å². The molecule has 2 N–H and O–H groups in total. The molecule has 0 radical (unpaired) electrons. The lowest BCUT2D eigenvalue weighted by molar-refractivity contribution is -0.184. The van der Waals surface area contributed by atoms with Gasteiger partial charge in [0.2, 0.25) is 0 Å². The summed E-state index contributed by atoms with van der Waals surface area (Å²) in [5.41, 5.74) is 2.98. The number of hydrogen-bond acceptors (Lipinski definition) is 1. The first kappa shape index (κ1) is 11.5. The minimum atomic E-state index is -4.44. The quantitative estimate of drug-likeness (QED) is 0.831. The molecular formula is C9H9BrF3N. The van der Waals surface area contributed by atoms with Crippen LogP contribution in [-0.2, 0) is 5.54 Å². The zero-order chi connectivity index (χ0) is 11.0. The van der Waals surface area contributed by atoms with Gasteiger partial charge in [-0.1, -0.05) is 28.1 Å². The second-order valence-electron chi connectivity index (χ2n) is 3.21. The molecular weight excluding hydrogens is 259 g/mol. The number of alkyl halides is 3. The van der Waals surface area contributed by atoms with Crippen LogP contribution in [-0.4, -0.2) is 6.18 Å². The first-order valence-corrected chi connectivity index (χ1v) is 4.66. The minimum Gasteiger partial charge on any atom is -0.314 e. The lowest BCUT2D eigenvalue weighted by Crippen LogP contribution is -2.47. The van der Waals surface area contributed by atoms with Gasteiger partial charge in [-0.3, -0.25) is 0 Å². The molecule has 78 valence electrons. The Hall–Kier alpha value is -0.550. The monoisotopic (exact) mass is 267 g/mol. The van der Waals surface area contributed by atoms with Crippen LogP contribution in [0, 0.1) is 0 Å². The number of nitrogens with two attached hydrogens (primary N) is 1. The molecule has 1 atom stereocenters. The third kappa shape index (κ3) is 2.09. The molecule has 0 aliphatic rings. The summed E-state index contributed by atoms with van der Waals surface area (Å²) < 4.78 is 38.2. The van der Waals surface area contributed by atoms with E-state index in [0.717, 1.165) is 11.4 Å². The zero-order valence-corrected chi connectivity index (χ0v) is 8.98. The van der Waals surface area contributed by atoms with Crippen molar-refractivity contribution in [1.29, 1.82) is 0 Å². The van der Waals surface area contributed by atoms with E-state index in [1.165, 1.54) is 24.3 Å². The first-order chi connectivity index (χ1) is 6.25. The predicted octanol–water partition coefficient (Wildman–Crippen LogP) is 3.19. The van der Waals surface area contributed by atoms with E-state index in [-0.39, 0.29) is 5.56 Å². The Morgan fingerprint density at radius 1 is 1.14 bits per heavy atom. The van der Waals surface area contributed by atoms with Crippen molar-refractivity contribution >= 4 is 15.9 Å². The molecule has 1 aromatic carbocycles. The van der Waals surface area contributed by atoms with E-state index < -0.39 is 11.7 Å². The largest absolute Gasteiger partial charge is 0.410 e. The van der Waals surface area contributed by atoms with Gasteiger partial charge in [0, 0.05) is 4.47 Å². The fourth-order valence-electron chi connectivity index (χ4n) is 0.960. The van der Waals surface area contributed by atoms with Crippen molar-refractivity contribution in [2.45, 2.75) is 18.6 Å². The van der Waals surface area contributed by atoms with E-state index in [2.05, 4.69) is 15.9 Å². The smallest absolute Gasteiger partial charge is 0.314 e. The van der Waals surface area contributed by atoms with Gasteiger partial charge >= 0.3 is 6.18 Å². The van der Waals surface area contributed by atoms with E-state index in [1.807, 2.05) is 0 Å². The van der Waals surface area contributed by atoms with Crippen LogP contribution in [0.25, 0.3) is 0 Å². The van der Waals surface area contributed by atoms with E-state index in [9.17, 15) is 13.2 Å².